The van der Waals surface area contributed by atoms with Crippen molar-refractivity contribution in [3.05, 3.63) is 35.9 Å². The van der Waals surface area contributed by atoms with Gasteiger partial charge in [-0.1, -0.05) is 44.9 Å². The van der Waals surface area contributed by atoms with E-state index in [-0.39, 0.29) is 56.6 Å². The maximum Gasteiger partial charge on any atom is 2.00 e. The summed E-state index contributed by atoms with van der Waals surface area (Å²) in [6.07, 6.45) is 4.48. The van der Waals surface area contributed by atoms with E-state index in [1.807, 2.05) is 18.2 Å². The number of unbranched alkanes of at least 4 members (excludes halogenated alkanes) is 2. The van der Waals surface area contributed by atoms with Gasteiger partial charge >= 0.3 is 25.2 Å². The first-order valence-corrected chi connectivity index (χ1v) is 9.05. The molecule has 2 rings (SSSR count). The Kier molecular flexibility index (Phi) is 17.5. The minimum absolute atomic E-state index is 0. The standard InChI is InChI=1S/C19H29N3O2.2ClH.Zn/c1-3-5-12-23-18-15-22(16-10-8-7-9-11-16)19(14-17(18)21-20)24-13-6-4-2;;;/h7-11,18-19H,3-6,12-15H2,1-2H3;2*1H;/q;;;+2/p-2. The predicted molar refractivity (Wildman–Crippen MR) is 96.3 cm³/mol. The molecule has 0 amide bonds. The molecule has 0 N–H and O–H groups in total. The number of piperidine rings is 1. The van der Waals surface area contributed by atoms with Crippen LogP contribution in [0.2, 0.25) is 0 Å². The van der Waals surface area contributed by atoms with Crippen LogP contribution in [0, 0.1) is 0 Å². The van der Waals surface area contributed by atoms with Gasteiger partial charge in [-0.05, 0) is 25.0 Å². The maximum atomic E-state index is 9.40. The Bertz CT molecular complexity index is 545. The zero-order valence-electron chi connectivity index (χ0n) is 16.3. The third kappa shape index (κ3) is 9.04. The molecule has 1 aliphatic heterocycles. The fraction of sp³-hybridized carbons (Fsp3) is 0.632. The van der Waals surface area contributed by atoms with Gasteiger partial charge in [0.1, 0.15) is 6.23 Å². The molecule has 0 spiro atoms. The predicted octanol–water partition coefficient (Wildman–Crippen LogP) is -2.10. The molecule has 1 aromatic carbocycles. The van der Waals surface area contributed by atoms with Gasteiger partial charge < -0.3 is 44.7 Å². The molecular formula is C19H29Cl2N3O2Zn. The second kappa shape index (κ2) is 16.5. The van der Waals surface area contributed by atoms with E-state index in [4.69, 9.17) is 9.47 Å². The molecule has 0 saturated carbocycles. The molecule has 0 bridgehead atoms. The Morgan fingerprint density at radius 3 is 2.19 bits per heavy atom. The Labute approximate surface area is 188 Å². The first kappa shape index (κ1) is 28.7. The van der Waals surface area contributed by atoms with Crippen molar-refractivity contribution >= 4 is 11.4 Å². The van der Waals surface area contributed by atoms with Gasteiger partial charge in [0, 0.05) is 18.9 Å². The summed E-state index contributed by atoms with van der Waals surface area (Å²) in [5, 5.41) is 0. The van der Waals surface area contributed by atoms with Crippen LogP contribution < -0.4 is 29.7 Å². The number of nitrogens with zero attached hydrogens (tertiary/aromatic N) is 3. The second-order valence-electron chi connectivity index (χ2n) is 6.18. The van der Waals surface area contributed by atoms with Crippen molar-refractivity contribution in [1.82, 2.24) is 0 Å². The Balaban J connectivity index is 0. The van der Waals surface area contributed by atoms with Gasteiger partial charge in [-0.15, -0.1) is 0 Å². The summed E-state index contributed by atoms with van der Waals surface area (Å²) in [5.41, 5.74) is 11.2. The number of halogens is 2. The molecular weight excluding hydrogens is 439 g/mol. The fourth-order valence-corrected chi connectivity index (χ4v) is 2.85. The Morgan fingerprint density at radius 2 is 1.63 bits per heavy atom. The van der Waals surface area contributed by atoms with Gasteiger partial charge in [0.25, 0.3) is 0 Å². The zero-order chi connectivity index (χ0) is 17.2. The van der Waals surface area contributed by atoms with Gasteiger partial charge in [-0.25, -0.2) is 0 Å². The van der Waals surface area contributed by atoms with Crippen molar-refractivity contribution in [2.75, 3.05) is 24.7 Å². The molecule has 5 nitrogen and oxygen atoms in total. The molecule has 8 heteroatoms. The van der Waals surface area contributed by atoms with Crippen molar-refractivity contribution in [3.63, 3.8) is 0 Å². The van der Waals surface area contributed by atoms with Crippen molar-refractivity contribution in [3.8, 4) is 0 Å². The van der Waals surface area contributed by atoms with Crippen LogP contribution in [0.25, 0.3) is 5.53 Å². The quantitative estimate of drug-likeness (QED) is 0.181. The summed E-state index contributed by atoms with van der Waals surface area (Å²) in [6.45, 7) is 6.33. The Morgan fingerprint density at radius 1 is 1.04 bits per heavy atom. The minimum atomic E-state index is -0.187. The van der Waals surface area contributed by atoms with E-state index in [0.717, 1.165) is 31.4 Å². The minimum Gasteiger partial charge on any atom is -1.00 e. The first-order chi connectivity index (χ1) is 11.8. The molecule has 1 fully saturated rings. The van der Waals surface area contributed by atoms with Crippen LogP contribution in [0.4, 0.5) is 5.69 Å². The van der Waals surface area contributed by atoms with E-state index in [2.05, 4.69) is 35.7 Å². The molecule has 1 aliphatic rings. The summed E-state index contributed by atoms with van der Waals surface area (Å²) < 4.78 is 12.0. The van der Waals surface area contributed by atoms with E-state index in [0.29, 0.717) is 31.9 Å². The summed E-state index contributed by atoms with van der Waals surface area (Å²) in [6, 6.07) is 10.2. The van der Waals surface area contributed by atoms with Gasteiger partial charge in [0.15, 0.2) is 6.10 Å². The number of hydrogen-bond acceptors (Lipinski definition) is 3. The number of hydrogen-bond donors (Lipinski definition) is 0. The summed E-state index contributed by atoms with van der Waals surface area (Å²) >= 11 is 0. The third-order valence-corrected chi connectivity index (χ3v) is 4.31. The monoisotopic (exact) mass is 465 g/mol. The summed E-state index contributed by atoms with van der Waals surface area (Å²) in [4.78, 5) is 5.72. The molecule has 1 saturated heterocycles. The molecule has 2 atom stereocenters. The molecule has 0 radical (unpaired) electrons. The number of benzene rings is 1. The van der Waals surface area contributed by atoms with Crippen LogP contribution in [-0.2, 0) is 29.0 Å². The van der Waals surface area contributed by atoms with E-state index < -0.39 is 0 Å². The van der Waals surface area contributed by atoms with Crippen molar-refractivity contribution < 1.29 is 58.6 Å². The average Bonchev–Trinajstić information content (AvgIpc) is 2.63. The summed E-state index contributed by atoms with van der Waals surface area (Å²) in [7, 11) is 0. The first-order valence-electron chi connectivity index (χ1n) is 9.05. The fourth-order valence-electron chi connectivity index (χ4n) is 2.85. The van der Waals surface area contributed by atoms with Crippen LogP contribution in [0.5, 0.6) is 0 Å². The molecule has 148 valence electrons. The maximum absolute atomic E-state index is 9.40. The summed E-state index contributed by atoms with van der Waals surface area (Å²) in [5.74, 6) is 0. The topological polar surface area (TPSA) is 58.1 Å². The molecule has 1 aromatic rings. The third-order valence-electron chi connectivity index (χ3n) is 4.31. The number of ether oxygens (including phenoxy) is 2. The van der Waals surface area contributed by atoms with Crippen molar-refractivity contribution in [1.29, 1.82) is 0 Å². The number of anilines is 1. The molecule has 0 aromatic heterocycles. The van der Waals surface area contributed by atoms with E-state index in [9.17, 15) is 5.53 Å². The SMILES string of the molecule is CCCCOC1CN(c2ccccc2)C(OCCCC)CC1=[N+]=[N-].[Cl-].[Cl-].[Zn+2]. The molecule has 27 heavy (non-hydrogen) atoms. The van der Waals surface area contributed by atoms with Gasteiger partial charge in [0.05, 0.1) is 13.0 Å². The largest absolute Gasteiger partial charge is 2.00 e. The second-order valence-corrected chi connectivity index (χ2v) is 6.18. The number of rotatable bonds is 9. The van der Waals surface area contributed by atoms with E-state index in [1.165, 1.54) is 0 Å². The van der Waals surface area contributed by atoms with Crippen LogP contribution in [0.15, 0.2) is 30.3 Å². The number of para-hydroxylation sites is 1. The molecule has 0 aliphatic carbocycles. The zero-order valence-corrected chi connectivity index (χ0v) is 20.8. The van der Waals surface area contributed by atoms with Crippen LogP contribution in [-0.4, -0.2) is 42.6 Å². The van der Waals surface area contributed by atoms with Crippen LogP contribution >= 0.6 is 0 Å². The van der Waals surface area contributed by atoms with E-state index >= 15 is 0 Å². The molecule has 2 unspecified atom stereocenters. The van der Waals surface area contributed by atoms with Crippen LogP contribution in [0.1, 0.15) is 46.0 Å². The van der Waals surface area contributed by atoms with Crippen molar-refractivity contribution in [2.24, 2.45) is 0 Å². The van der Waals surface area contributed by atoms with Crippen molar-refractivity contribution in [2.45, 2.75) is 58.3 Å². The molecule has 1 heterocycles. The van der Waals surface area contributed by atoms with E-state index in [1.54, 1.807) is 0 Å². The average molecular weight is 468 g/mol. The van der Waals surface area contributed by atoms with Gasteiger partial charge in [0.2, 0.25) is 0 Å². The van der Waals surface area contributed by atoms with Crippen LogP contribution in [0.3, 0.4) is 0 Å². The normalized spacial score (nSPS) is 18.6. The van der Waals surface area contributed by atoms with Gasteiger partial charge in [-0.3, -0.25) is 0 Å². The Hall–Kier alpha value is -0.477. The van der Waals surface area contributed by atoms with Gasteiger partial charge in [-0.2, -0.15) is 4.79 Å². The smallest absolute Gasteiger partial charge is 1.00 e.